The van der Waals surface area contributed by atoms with E-state index in [0.717, 1.165) is 58.7 Å². The molecule has 0 aliphatic carbocycles. The molecule has 2 aromatic carbocycles. The van der Waals surface area contributed by atoms with Gasteiger partial charge >= 0.3 is 0 Å². The lowest BCUT2D eigenvalue weighted by Crippen LogP contribution is -2.28. The minimum atomic E-state index is 0. The van der Waals surface area contributed by atoms with Gasteiger partial charge in [-0.05, 0) is 55.7 Å². The highest BCUT2D eigenvalue weighted by molar-refractivity contribution is 7.71. The molecule has 2 N–H and O–H groups in total. The van der Waals surface area contributed by atoms with E-state index >= 15 is 0 Å². The van der Waals surface area contributed by atoms with Crippen LogP contribution in [0.4, 0.5) is 11.5 Å². The summed E-state index contributed by atoms with van der Waals surface area (Å²) in [6.45, 7) is 5.93. The number of anilines is 2. The van der Waals surface area contributed by atoms with E-state index in [1.807, 2.05) is 0 Å². The van der Waals surface area contributed by atoms with Gasteiger partial charge in [-0.25, -0.2) is 9.97 Å². The first-order chi connectivity index (χ1) is 15.7. The van der Waals surface area contributed by atoms with Crippen molar-refractivity contribution in [3.05, 3.63) is 53.1 Å². The molecule has 2 aromatic heterocycles. The molecule has 0 amide bonds. The molecule has 174 valence electrons. The van der Waals surface area contributed by atoms with Gasteiger partial charge in [0.15, 0.2) is 4.77 Å². The van der Waals surface area contributed by atoms with Crippen LogP contribution in [0.25, 0.3) is 21.9 Å². The Morgan fingerprint density at radius 2 is 1.79 bits per heavy atom. The van der Waals surface area contributed by atoms with Crippen molar-refractivity contribution in [2.24, 2.45) is 0 Å². The molecule has 6 nitrogen and oxygen atoms in total. The fourth-order valence-corrected chi connectivity index (χ4v) is 5.14. The molecule has 0 radical (unpaired) electrons. The molecule has 5 rings (SSSR count). The molecule has 8 heteroatoms. The van der Waals surface area contributed by atoms with Crippen molar-refractivity contribution in [2.45, 2.75) is 52.1 Å². The summed E-state index contributed by atoms with van der Waals surface area (Å²) in [7, 11) is 0. The normalized spacial score (nSPS) is 14.6. The van der Waals surface area contributed by atoms with Crippen LogP contribution in [0.5, 0.6) is 0 Å². The number of aryl methyl sites for hydroxylation is 1. The summed E-state index contributed by atoms with van der Waals surface area (Å²) in [6, 6.07) is 13.0. The summed E-state index contributed by atoms with van der Waals surface area (Å²) in [6.07, 6.45) is 8.22. The summed E-state index contributed by atoms with van der Waals surface area (Å²) < 4.78 is 2.83. The number of hydrogen-bond acceptors (Lipinski definition) is 5. The van der Waals surface area contributed by atoms with E-state index in [4.69, 9.17) is 12.2 Å². The summed E-state index contributed by atoms with van der Waals surface area (Å²) in [5.74, 6) is 0.850. The van der Waals surface area contributed by atoms with Gasteiger partial charge in [-0.2, -0.15) is 0 Å². The monoisotopic (exact) mass is 482 g/mol. The Bertz CT molecular complexity index is 1290. The quantitative estimate of drug-likeness (QED) is 0.319. The van der Waals surface area contributed by atoms with Crippen molar-refractivity contribution in [3.63, 3.8) is 0 Å². The first kappa shape index (κ1) is 23.5. The van der Waals surface area contributed by atoms with E-state index in [1.165, 1.54) is 43.4 Å². The van der Waals surface area contributed by atoms with E-state index in [1.54, 1.807) is 6.33 Å². The zero-order valence-electron chi connectivity index (χ0n) is 19.0. The van der Waals surface area contributed by atoms with Crippen molar-refractivity contribution in [1.82, 2.24) is 19.5 Å². The standard InChI is InChI=1S/C25H30N6S.ClH/c1-2-31-23-15-20-19(14-21(23)29-25(31)32)24(28-17-27-20)26-16-18-10-6-7-11-22(18)30-12-8-4-3-5-9-13-30;/h6-7,10-11,14-15,17H,2-5,8-9,12-13,16H2,1H3,(H,29,32)(H,26,27,28);1H. The van der Waals surface area contributed by atoms with E-state index in [2.05, 4.69) is 73.1 Å². The summed E-state index contributed by atoms with van der Waals surface area (Å²) in [4.78, 5) is 15.0. The van der Waals surface area contributed by atoms with Gasteiger partial charge in [0.05, 0.1) is 16.6 Å². The molecule has 3 heterocycles. The Kier molecular flexibility index (Phi) is 7.50. The lowest BCUT2D eigenvalue weighted by atomic mass is 10.1. The molecule has 1 aliphatic heterocycles. The Hall–Kier alpha value is -2.64. The van der Waals surface area contributed by atoms with E-state index in [0.29, 0.717) is 0 Å². The predicted molar refractivity (Wildman–Crippen MR) is 142 cm³/mol. The number of H-pyrrole nitrogens is 1. The Balaban J connectivity index is 0.00000259. The SMILES string of the molecule is CCn1c(=S)[nH]c2cc3c(NCc4ccccc4N4CCCCCCC4)ncnc3cc21.Cl. The zero-order chi connectivity index (χ0) is 21.9. The molecular formula is C25H31ClN6S. The van der Waals surface area contributed by atoms with E-state index in [9.17, 15) is 0 Å². The summed E-state index contributed by atoms with van der Waals surface area (Å²) in [5.41, 5.74) is 5.66. The molecule has 1 saturated heterocycles. The molecule has 0 unspecified atom stereocenters. The van der Waals surface area contributed by atoms with Crippen molar-refractivity contribution in [1.29, 1.82) is 0 Å². The van der Waals surface area contributed by atoms with Crippen molar-refractivity contribution in [3.8, 4) is 0 Å². The number of hydrogen-bond donors (Lipinski definition) is 2. The Labute approximate surface area is 205 Å². The average molecular weight is 483 g/mol. The highest BCUT2D eigenvalue weighted by atomic mass is 35.5. The molecular weight excluding hydrogens is 452 g/mol. The fraction of sp³-hybridized carbons (Fsp3) is 0.400. The number of benzene rings is 2. The van der Waals surface area contributed by atoms with Crippen LogP contribution in [0, 0.1) is 4.77 Å². The van der Waals surface area contributed by atoms with Gasteiger partial charge in [-0.3, -0.25) is 0 Å². The topological polar surface area (TPSA) is 61.8 Å². The van der Waals surface area contributed by atoms with Gasteiger partial charge in [0.1, 0.15) is 12.1 Å². The minimum Gasteiger partial charge on any atom is -0.371 e. The molecule has 1 aliphatic rings. The van der Waals surface area contributed by atoms with Gasteiger partial charge in [-0.15, -0.1) is 12.4 Å². The van der Waals surface area contributed by atoms with Gasteiger partial charge in [0, 0.05) is 37.3 Å². The summed E-state index contributed by atoms with van der Waals surface area (Å²) in [5, 5.41) is 4.59. The fourth-order valence-electron chi connectivity index (χ4n) is 4.80. The molecule has 0 atom stereocenters. The second-order valence-electron chi connectivity index (χ2n) is 8.52. The van der Waals surface area contributed by atoms with Gasteiger partial charge < -0.3 is 19.8 Å². The zero-order valence-corrected chi connectivity index (χ0v) is 20.6. The average Bonchev–Trinajstić information content (AvgIpc) is 3.10. The highest BCUT2D eigenvalue weighted by Gasteiger charge is 2.14. The molecule has 4 aromatic rings. The van der Waals surface area contributed by atoms with Crippen LogP contribution in [-0.4, -0.2) is 32.6 Å². The van der Waals surface area contributed by atoms with Crippen LogP contribution in [0.1, 0.15) is 44.6 Å². The smallest absolute Gasteiger partial charge is 0.178 e. The highest BCUT2D eigenvalue weighted by Crippen LogP contribution is 2.28. The van der Waals surface area contributed by atoms with E-state index in [-0.39, 0.29) is 12.4 Å². The largest absolute Gasteiger partial charge is 0.371 e. The predicted octanol–water partition coefficient (Wildman–Crippen LogP) is 6.47. The molecule has 0 spiro atoms. The van der Waals surface area contributed by atoms with Crippen LogP contribution >= 0.6 is 24.6 Å². The number of halogens is 1. The second kappa shape index (κ2) is 10.5. The van der Waals surface area contributed by atoms with Gasteiger partial charge in [0.2, 0.25) is 0 Å². The number of nitrogens with zero attached hydrogens (tertiary/aromatic N) is 4. The van der Waals surface area contributed by atoms with Gasteiger partial charge in [-0.1, -0.05) is 37.5 Å². The van der Waals surface area contributed by atoms with Crippen LogP contribution in [0.15, 0.2) is 42.7 Å². The minimum absolute atomic E-state index is 0. The Morgan fingerprint density at radius 1 is 1.03 bits per heavy atom. The maximum Gasteiger partial charge on any atom is 0.178 e. The number of aromatic amines is 1. The summed E-state index contributed by atoms with van der Waals surface area (Å²) >= 11 is 5.48. The lowest BCUT2D eigenvalue weighted by Gasteiger charge is -2.29. The van der Waals surface area contributed by atoms with Crippen LogP contribution in [0.3, 0.4) is 0 Å². The third-order valence-corrected chi connectivity index (χ3v) is 6.80. The number of rotatable bonds is 5. The first-order valence-corrected chi connectivity index (χ1v) is 12.1. The lowest BCUT2D eigenvalue weighted by molar-refractivity contribution is 0.556. The van der Waals surface area contributed by atoms with Gasteiger partial charge in [0.25, 0.3) is 0 Å². The number of nitrogens with one attached hydrogen (secondary N) is 2. The number of para-hydroxylation sites is 1. The third kappa shape index (κ3) is 4.84. The second-order valence-corrected chi connectivity index (χ2v) is 8.91. The molecule has 33 heavy (non-hydrogen) atoms. The van der Waals surface area contributed by atoms with Crippen molar-refractivity contribution < 1.29 is 0 Å². The third-order valence-electron chi connectivity index (χ3n) is 6.48. The van der Waals surface area contributed by atoms with Crippen LogP contribution in [0.2, 0.25) is 0 Å². The maximum absolute atomic E-state index is 5.48. The molecule has 0 saturated carbocycles. The molecule has 1 fully saturated rings. The molecule has 0 bridgehead atoms. The first-order valence-electron chi connectivity index (χ1n) is 11.7. The van der Waals surface area contributed by atoms with Crippen molar-refractivity contribution >= 4 is 58.1 Å². The Morgan fingerprint density at radius 3 is 2.58 bits per heavy atom. The number of aromatic nitrogens is 4. The number of imidazole rings is 1. The van der Waals surface area contributed by atoms with Crippen molar-refractivity contribution in [2.75, 3.05) is 23.3 Å². The van der Waals surface area contributed by atoms with Crippen LogP contribution in [-0.2, 0) is 13.1 Å². The van der Waals surface area contributed by atoms with E-state index < -0.39 is 0 Å². The number of fused-ring (bicyclic) bond motifs is 2. The van der Waals surface area contributed by atoms with Crippen LogP contribution < -0.4 is 10.2 Å². The maximum atomic E-state index is 5.48.